The van der Waals surface area contributed by atoms with Crippen molar-refractivity contribution in [3.05, 3.63) is 35.4 Å². The molecule has 0 radical (unpaired) electrons. The third kappa shape index (κ3) is 2.21. The zero-order chi connectivity index (χ0) is 16.0. The van der Waals surface area contributed by atoms with Crippen molar-refractivity contribution in [1.29, 1.82) is 0 Å². The highest BCUT2D eigenvalue weighted by molar-refractivity contribution is 5.54. The second kappa shape index (κ2) is 4.88. The second-order valence-corrected chi connectivity index (χ2v) is 5.16. The Morgan fingerprint density at radius 1 is 0.909 bits per heavy atom. The van der Waals surface area contributed by atoms with Crippen LogP contribution in [0.1, 0.15) is 22.9 Å². The molecule has 2 atom stereocenters. The first-order chi connectivity index (χ1) is 10.4. The number of aliphatic hydroxyl groups is 1. The summed E-state index contributed by atoms with van der Waals surface area (Å²) in [5, 5.41) is 57.9. The van der Waals surface area contributed by atoms with Crippen molar-refractivity contribution >= 4 is 0 Å². The molecule has 0 unspecified atom stereocenters. The van der Waals surface area contributed by atoms with Gasteiger partial charge in [-0.05, 0) is 12.1 Å². The van der Waals surface area contributed by atoms with Crippen LogP contribution in [0.25, 0.3) is 0 Å². The van der Waals surface area contributed by atoms with Crippen molar-refractivity contribution in [3.8, 4) is 34.5 Å². The van der Waals surface area contributed by atoms with Gasteiger partial charge in [0, 0.05) is 35.4 Å². The van der Waals surface area contributed by atoms with Gasteiger partial charge in [-0.2, -0.15) is 0 Å². The number of hydrogen-bond donors (Lipinski definition) is 6. The molecule has 2 aromatic rings. The van der Waals surface area contributed by atoms with E-state index >= 15 is 0 Å². The molecule has 0 saturated carbocycles. The molecule has 0 aliphatic carbocycles. The van der Waals surface area contributed by atoms with E-state index in [-0.39, 0.29) is 34.9 Å². The third-order valence-electron chi connectivity index (χ3n) is 3.61. The summed E-state index contributed by atoms with van der Waals surface area (Å²) in [5.41, 5.74) is 0.600. The topological polar surface area (TPSA) is 131 Å². The van der Waals surface area contributed by atoms with Crippen molar-refractivity contribution in [3.63, 3.8) is 0 Å². The highest BCUT2D eigenvalue weighted by atomic mass is 16.5. The molecule has 7 nitrogen and oxygen atoms in total. The molecule has 0 saturated heterocycles. The van der Waals surface area contributed by atoms with Crippen LogP contribution in [-0.2, 0) is 6.42 Å². The molecule has 1 heterocycles. The summed E-state index contributed by atoms with van der Waals surface area (Å²) in [7, 11) is 0. The zero-order valence-corrected chi connectivity index (χ0v) is 11.3. The van der Waals surface area contributed by atoms with Crippen LogP contribution in [0.5, 0.6) is 34.5 Å². The Hall–Kier alpha value is -2.80. The summed E-state index contributed by atoms with van der Waals surface area (Å²) in [4.78, 5) is 0. The number of ether oxygens (including phenoxy) is 1. The molecule has 1 aliphatic rings. The zero-order valence-electron chi connectivity index (χ0n) is 11.3. The van der Waals surface area contributed by atoms with Gasteiger partial charge in [-0.25, -0.2) is 0 Å². The maximum absolute atomic E-state index is 10.2. The monoisotopic (exact) mass is 314 g/mol. The molecule has 124 valence electrons. The first-order valence-corrected chi connectivity index (χ1v) is 6.51. The van der Waals surface area contributed by atoms with E-state index in [4.69, 9.17) is 4.74 Å². The Labute approximate surface area is 130 Å². The maximum Gasteiger partial charge on any atom is 0.200 e. The summed E-state index contributed by atoms with van der Waals surface area (Å²) in [5.74, 6) is -1.94. The van der Waals surface area contributed by atoms with Gasteiger partial charge in [-0.3, -0.25) is 0 Å². The molecule has 0 spiro atoms. The van der Waals surface area contributed by atoms with E-state index in [0.717, 1.165) is 18.2 Å². The number of phenolic OH excluding ortho intramolecular Hbond substituents is 5. The summed E-state index contributed by atoms with van der Waals surface area (Å²) in [6.07, 6.45) is -1.92. The number of hydrogen-bond acceptors (Lipinski definition) is 7. The molecule has 3 rings (SSSR count). The quantitative estimate of drug-likeness (QED) is 0.445. The van der Waals surface area contributed by atoms with Crippen molar-refractivity contribution in [2.75, 3.05) is 0 Å². The fourth-order valence-corrected chi connectivity index (χ4v) is 2.54. The molecular weight excluding hydrogens is 292 g/mol. The van der Waals surface area contributed by atoms with E-state index in [1.165, 1.54) is 6.07 Å². The Bertz CT molecular complexity index is 734. The van der Waals surface area contributed by atoms with Gasteiger partial charge in [-0.15, -0.1) is 0 Å². The van der Waals surface area contributed by atoms with Crippen molar-refractivity contribution in [2.45, 2.75) is 18.6 Å². The third-order valence-corrected chi connectivity index (χ3v) is 3.61. The average Bonchev–Trinajstić information content (AvgIpc) is 2.44. The van der Waals surface area contributed by atoms with Gasteiger partial charge in [0.2, 0.25) is 0 Å². The van der Waals surface area contributed by atoms with Crippen LogP contribution >= 0.6 is 0 Å². The van der Waals surface area contributed by atoms with Crippen molar-refractivity contribution < 1.29 is 41.1 Å². The fourth-order valence-electron chi connectivity index (χ4n) is 2.54. The average molecular weight is 314 g/mol. The van der Waals surface area contributed by atoms with Crippen LogP contribution in [0.2, 0.25) is 0 Å². The molecule has 0 amide bonds. The lowest BCUT2D eigenvalue weighted by Gasteiger charge is -2.31. The summed E-state index contributed by atoms with van der Waals surface area (Å²) in [6, 6.07) is 4.77. The van der Waals surface area contributed by atoms with Crippen LogP contribution in [0, 0.1) is 0 Å². The van der Waals surface area contributed by atoms with Gasteiger partial charge in [0.1, 0.15) is 17.2 Å². The van der Waals surface area contributed by atoms with Gasteiger partial charge in [-0.1, -0.05) is 0 Å². The Balaban J connectivity index is 0. The number of fused-ring (bicyclic) bond motifs is 1. The van der Waals surface area contributed by atoms with E-state index in [1.807, 2.05) is 0 Å². The number of benzene rings is 2. The smallest absolute Gasteiger partial charge is 0.200 e. The molecule has 0 aromatic heterocycles. The van der Waals surface area contributed by atoms with Crippen molar-refractivity contribution in [1.82, 2.24) is 0 Å². The van der Waals surface area contributed by atoms with E-state index in [2.05, 4.69) is 0 Å². The largest absolute Gasteiger partial charge is 0.508 e. The standard InChI is InChI=1S/C15H14O7.4H2/c16-7-3-9(17)8-5-12(20)15(22-13(8)4-7)6-1-10(18)14(21)11(19)2-6;;;;/h1-4,12,15-21H,5H2;4*1H/t12-,15-;;;;/m1..../s1. The fraction of sp³-hybridized carbons (Fsp3) is 0.200. The second-order valence-electron chi connectivity index (χ2n) is 5.16. The van der Waals surface area contributed by atoms with Crippen LogP contribution < -0.4 is 4.74 Å². The SMILES string of the molecule is Oc1cc(O)c2c(c1)O[C@H](c1cc(O)c(O)c(O)c1)[C@H](O)C2.[HH].[HH].[HH].[HH]. The van der Waals surface area contributed by atoms with E-state index in [9.17, 15) is 30.6 Å². The Kier molecular flexibility index (Phi) is 3.14. The predicted octanol–water partition coefficient (Wildman–Crippen LogP) is 2.24. The molecule has 22 heavy (non-hydrogen) atoms. The summed E-state index contributed by atoms with van der Waals surface area (Å²) in [6.45, 7) is 0. The van der Waals surface area contributed by atoms with Crippen LogP contribution in [0.4, 0.5) is 0 Å². The number of rotatable bonds is 1. The first-order valence-electron chi connectivity index (χ1n) is 6.51. The lowest BCUT2D eigenvalue weighted by molar-refractivity contribution is 0.0196. The highest BCUT2D eigenvalue weighted by Crippen LogP contribution is 2.44. The molecular formula is C15H22O7. The van der Waals surface area contributed by atoms with E-state index in [1.54, 1.807) is 0 Å². The predicted molar refractivity (Wildman–Crippen MR) is 82.7 cm³/mol. The minimum absolute atomic E-state index is 0. The van der Waals surface area contributed by atoms with Crippen molar-refractivity contribution in [2.24, 2.45) is 0 Å². The molecule has 7 heteroatoms. The van der Waals surface area contributed by atoms with Gasteiger partial charge < -0.3 is 35.4 Å². The summed E-state index contributed by atoms with van der Waals surface area (Å²) < 4.78 is 5.57. The van der Waals surface area contributed by atoms with Crippen LogP contribution in [0.15, 0.2) is 24.3 Å². The number of aliphatic hydroxyl groups excluding tert-OH is 1. The molecule has 2 aromatic carbocycles. The van der Waals surface area contributed by atoms with Gasteiger partial charge >= 0.3 is 0 Å². The normalized spacial score (nSPS) is 20.2. The molecule has 0 bridgehead atoms. The molecule has 1 aliphatic heterocycles. The number of aromatic hydroxyl groups is 5. The van der Waals surface area contributed by atoms with Gasteiger partial charge in [0.25, 0.3) is 0 Å². The Morgan fingerprint density at radius 2 is 1.55 bits per heavy atom. The maximum atomic E-state index is 10.2. The van der Waals surface area contributed by atoms with Gasteiger partial charge in [0.05, 0.1) is 6.10 Å². The summed E-state index contributed by atoms with van der Waals surface area (Å²) >= 11 is 0. The first kappa shape index (κ1) is 14.2. The molecule has 0 fully saturated rings. The lowest BCUT2D eigenvalue weighted by Crippen LogP contribution is -2.30. The van der Waals surface area contributed by atoms with E-state index in [0.29, 0.717) is 5.56 Å². The van der Waals surface area contributed by atoms with Gasteiger partial charge in [0.15, 0.2) is 23.4 Å². The highest BCUT2D eigenvalue weighted by Gasteiger charge is 2.33. The lowest BCUT2D eigenvalue weighted by atomic mass is 9.93. The molecule has 6 N–H and O–H groups in total. The number of phenols is 5. The Morgan fingerprint density at radius 3 is 2.18 bits per heavy atom. The van der Waals surface area contributed by atoms with E-state index < -0.39 is 29.5 Å². The minimum Gasteiger partial charge on any atom is -0.508 e. The van der Waals surface area contributed by atoms with Crippen LogP contribution in [-0.4, -0.2) is 36.7 Å². The van der Waals surface area contributed by atoms with Crippen LogP contribution in [0.3, 0.4) is 0 Å². The minimum atomic E-state index is -1.05.